The molecule has 1 atom stereocenters. The lowest BCUT2D eigenvalue weighted by Gasteiger charge is -2.27. The van der Waals surface area contributed by atoms with Gasteiger partial charge in [-0.05, 0) is 47.8 Å². The van der Waals surface area contributed by atoms with E-state index in [1.807, 2.05) is 39.8 Å². The average Bonchev–Trinajstić information content (AvgIpc) is 2.11. The number of nitrogens with zero attached hydrogens (tertiary/aromatic N) is 2. The van der Waals surface area contributed by atoms with Gasteiger partial charge in [-0.25, -0.2) is 0 Å². The Bertz CT molecular complexity index is 241. The molecule has 0 rings (SSSR count). The van der Waals surface area contributed by atoms with Gasteiger partial charge in [-0.15, -0.1) is 0 Å². The third kappa shape index (κ3) is 7.63. The summed E-state index contributed by atoms with van der Waals surface area (Å²) in [6.45, 7) is 7.59. The summed E-state index contributed by atoms with van der Waals surface area (Å²) in [4.78, 5) is 1.96. The van der Waals surface area contributed by atoms with E-state index in [9.17, 15) is 5.11 Å². The van der Waals surface area contributed by atoms with Crippen LogP contribution in [0.25, 0.3) is 0 Å². The lowest BCUT2D eigenvalue weighted by atomic mass is 9.91. The smallest absolute Gasteiger partial charge is 0.0869 e. The van der Waals surface area contributed by atoms with Gasteiger partial charge in [0.2, 0.25) is 0 Å². The maximum absolute atomic E-state index is 10.0. The summed E-state index contributed by atoms with van der Waals surface area (Å²) in [6, 6.07) is 2.26. The summed E-state index contributed by atoms with van der Waals surface area (Å²) in [6.07, 6.45) is 0.793. The molecule has 0 heterocycles. The number of aliphatic hydroxyl groups is 1. The fraction of sp³-hybridized carbons (Fsp3) is 0.917. The van der Waals surface area contributed by atoms with Crippen molar-refractivity contribution in [3.8, 4) is 6.07 Å². The summed E-state index contributed by atoms with van der Waals surface area (Å²) < 4.78 is 0. The van der Waals surface area contributed by atoms with Crippen molar-refractivity contribution in [2.45, 2.75) is 32.8 Å². The van der Waals surface area contributed by atoms with Crippen molar-refractivity contribution in [1.29, 1.82) is 5.26 Å². The molecule has 0 aliphatic rings. The quantitative estimate of drug-likeness (QED) is 0.632. The van der Waals surface area contributed by atoms with Crippen LogP contribution in [0.1, 0.15) is 27.2 Å². The molecular formula is C12H25N3O. The van der Waals surface area contributed by atoms with E-state index >= 15 is 0 Å². The summed E-state index contributed by atoms with van der Waals surface area (Å²) in [5, 5.41) is 22.0. The highest BCUT2D eigenvalue weighted by molar-refractivity contribution is 4.92. The third-order valence-corrected chi connectivity index (χ3v) is 2.39. The van der Waals surface area contributed by atoms with E-state index in [1.165, 1.54) is 0 Å². The highest BCUT2D eigenvalue weighted by Crippen LogP contribution is 2.17. The number of nitrogens with one attached hydrogen (secondary N) is 1. The maximum Gasteiger partial charge on any atom is 0.0869 e. The van der Waals surface area contributed by atoms with Gasteiger partial charge in [-0.3, -0.25) is 0 Å². The Morgan fingerprint density at radius 3 is 2.31 bits per heavy atom. The molecule has 0 amide bonds. The van der Waals surface area contributed by atoms with Gasteiger partial charge in [0.1, 0.15) is 0 Å². The minimum atomic E-state index is -0.722. The van der Waals surface area contributed by atoms with Crippen LogP contribution >= 0.6 is 0 Å². The van der Waals surface area contributed by atoms with Gasteiger partial charge in [0.15, 0.2) is 0 Å². The first-order valence-corrected chi connectivity index (χ1v) is 5.68. The lowest BCUT2D eigenvalue weighted by Crippen LogP contribution is -2.46. The molecule has 0 saturated carbocycles. The SMILES string of the molecule is CN(C)CC(C)(O)CNCCC(C)(C)C#N. The van der Waals surface area contributed by atoms with Crippen LogP contribution in [0.15, 0.2) is 0 Å². The molecule has 0 fully saturated rings. The number of hydrogen-bond acceptors (Lipinski definition) is 4. The van der Waals surface area contributed by atoms with Gasteiger partial charge in [-0.1, -0.05) is 0 Å². The molecule has 2 N–H and O–H groups in total. The molecule has 0 bridgehead atoms. The van der Waals surface area contributed by atoms with Crippen molar-refractivity contribution in [1.82, 2.24) is 10.2 Å². The molecule has 0 aliphatic heterocycles. The Labute approximate surface area is 99.3 Å². The lowest BCUT2D eigenvalue weighted by molar-refractivity contribution is 0.0336. The number of nitriles is 1. The Kier molecular flexibility index (Phi) is 5.95. The molecule has 0 saturated heterocycles. The molecular weight excluding hydrogens is 202 g/mol. The van der Waals surface area contributed by atoms with Crippen LogP contribution in [0, 0.1) is 16.7 Å². The standard InChI is InChI=1S/C12H25N3O/c1-11(2,8-13)6-7-14-9-12(3,16)10-15(4)5/h14,16H,6-7,9-10H2,1-5H3. The van der Waals surface area contributed by atoms with Gasteiger partial charge in [0.25, 0.3) is 0 Å². The molecule has 0 aliphatic carbocycles. The number of likely N-dealkylation sites (N-methyl/N-ethyl adjacent to an activating group) is 1. The molecule has 1 unspecified atom stereocenters. The molecule has 4 nitrogen and oxygen atoms in total. The van der Waals surface area contributed by atoms with Crippen LogP contribution in [0.3, 0.4) is 0 Å². The number of rotatable bonds is 7. The largest absolute Gasteiger partial charge is 0.388 e. The molecule has 0 aromatic heterocycles. The predicted octanol–water partition coefficient (Wildman–Crippen LogP) is 0.828. The maximum atomic E-state index is 10.0. The predicted molar refractivity (Wildman–Crippen MR) is 66.1 cm³/mol. The zero-order valence-corrected chi connectivity index (χ0v) is 11.2. The zero-order chi connectivity index (χ0) is 12.8. The van der Waals surface area contributed by atoms with Gasteiger partial charge in [-0.2, -0.15) is 5.26 Å². The monoisotopic (exact) mass is 227 g/mol. The Morgan fingerprint density at radius 1 is 1.31 bits per heavy atom. The molecule has 94 valence electrons. The van der Waals surface area contributed by atoms with Crippen molar-refractivity contribution < 1.29 is 5.11 Å². The number of hydrogen-bond donors (Lipinski definition) is 2. The van der Waals surface area contributed by atoms with Crippen molar-refractivity contribution in [3.63, 3.8) is 0 Å². The minimum Gasteiger partial charge on any atom is -0.388 e. The molecule has 16 heavy (non-hydrogen) atoms. The van der Waals surface area contributed by atoms with E-state index in [0.29, 0.717) is 13.1 Å². The van der Waals surface area contributed by atoms with Crippen LogP contribution < -0.4 is 5.32 Å². The van der Waals surface area contributed by atoms with E-state index in [4.69, 9.17) is 5.26 Å². The fourth-order valence-electron chi connectivity index (χ4n) is 1.55. The van der Waals surface area contributed by atoms with Gasteiger partial charge >= 0.3 is 0 Å². The summed E-state index contributed by atoms with van der Waals surface area (Å²) in [5.74, 6) is 0. The summed E-state index contributed by atoms with van der Waals surface area (Å²) >= 11 is 0. The zero-order valence-electron chi connectivity index (χ0n) is 11.2. The first-order chi connectivity index (χ1) is 7.18. The van der Waals surface area contributed by atoms with Crippen LogP contribution in [-0.2, 0) is 0 Å². The van der Waals surface area contributed by atoms with Crippen LogP contribution in [0.4, 0.5) is 0 Å². The molecule has 0 spiro atoms. The fourth-order valence-corrected chi connectivity index (χ4v) is 1.55. The summed E-state index contributed by atoms with van der Waals surface area (Å²) in [5.41, 5.74) is -1.01. The Morgan fingerprint density at radius 2 is 1.88 bits per heavy atom. The van der Waals surface area contributed by atoms with Crippen molar-refractivity contribution >= 4 is 0 Å². The first kappa shape index (κ1) is 15.4. The minimum absolute atomic E-state index is 0.291. The van der Waals surface area contributed by atoms with Crippen molar-refractivity contribution in [2.24, 2.45) is 5.41 Å². The van der Waals surface area contributed by atoms with Crippen LogP contribution in [0.5, 0.6) is 0 Å². The van der Waals surface area contributed by atoms with E-state index < -0.39 is 5.60 Å². The third-order valence-electron chi connectivity index (χ3n) is 2.39. The van der Waals surface area contributed by atoms with Crippen LogP contribution in [-0.4, -0.2) is 49.3 Å². The second-order valence-electron chi connectivity index (χ2n) is 5.66. The van der Waals surface area contributed by atoms with Gasteiger partial charge in [0, 0.05) is 13.1 Å². The van der Waals surface area contributed by atoms with E-state index in [-0.39, 0.29) is 5.41 Å². The average molecular weight is 227 g/mol. The molecule has 0 radical (unpaired) electrons. The van der Waals surface area contributed by atoms with Crippen molar-refractivity contribution in [3.05, 3.63) is 0 Å². The first-order valence-electron chi connectivity index (χ1n) is 5.68. The molecule has 0 aromatic rings. The highest BCUT2D eigenvalue weighted by Gasteiger charge is 2.21. The second-order valence-corrected chi connectivity index (χ2v) is 5.66. The van der Waals surface area contributed by atoms with Gasteiger partial charge in [0.05, 0.1) is 17.1 Å². The summed E-state index contributed by atoms with van der Waals surface area (Å²) in [7, 11) is 3.88. The molecule has 4 heteroatoms. The normalized spacial score (nSPS) is 15.9. The van der Waals surface area contributed by atoms with Crippen molar-refractivity contribution in [2.75, 3.05) is 33.7 Å². The van der Waals surface area contributed by atoms with E-state index in [1.54, 1.807) is 0 Å². The highest BCUT2D eigenvalue weighted by atomic mass is 16.3. The van der Waals surface area contributed by atoms with E-state index in [0.717, 1.165) is 13.0 Å². The van der Waals surface area contributed by atoms with Gasteiger partial charge < -0.3 is 15.3 Å². The Balaban J connectivity index is 3.78. The van der Waals surface area contributed by atoms with E-state index in [2.05, 4.69) is 11.4 Å². The second kappa shape index (κ2) is 6.19. The van der Waals surface area contributed by atoms with Crippen LogP contribution in [0.2, 0.25) is 0 Å². The molecule has 0 aromatic carbocycles. The Hall–Kier alpha value is -0.630. The topological polar surface area (TPSA) is 59.3 Å².